The zero-order chi connectivity index (χ0) is 16.0. The van der Waals surface area contributed by atoms with Crippen LogP contribution in [0.15, 0.2) is 45.3 Å². The average Bonchev–Trinajstić information content (AvgIpc) is 2.71. The lowest BCUT2D eigenvalue weighted by Crippen LogP contribution is -2.30. The third kappa shape index (κ3) is 2.15. The lowest BCUT2D eigenvalue weighted by molar-refractivity contribution is -0.384. The molecule has 3 rings (SSSR count). The Kier molecular flexibility index (Phi) is 3.57. The Hall–Kier alpha value is -2.06. The van der Waals surface area contributed by atoms with Crippen molar-refractivity contribution in [2.45, 2.75) is 0 Å². The van der Waals surface area contributed by atoms with E-state index in [9.17, 15) is 19.7 Å². The van der Waals surface area contributed by atoms with Crippen LogP contribution in [0.1, 0.15) is 20.7 Å². The maximum absolute atomic E-state index is 12.5. The van der Waals surface area contributed by atoms with E-state index in [0.29, 0.717) is 4.47 Å². The van der Waals surface area contributed by atoms with Gasteiger partial charge in [-0.15, -0.1) is 0 Å². The van der Waals surface area contributed by atoms with E-state index in [1.807, 2.05) is 0 Å². The van der Waals surface area contributed by atoms with Crippen LogP contribution >= 0.6 is 31.9 Å². The summed E-state index contributed by atoms with van der Waals surface area (Å²) in [5.41, 5.74) is 0.0587. The van der Waals surface area contributed by atoms with E-state index in [4.69, 9.17) is 0 Å². The number of fused-ring (bicyclic) bond motifs is 1. The average molecular weight is 426 g/mol. The molecule has 1 heterocycles. The smallest absolute Gasteiger partial charge is 0.268 e. The van der Waals surface area contributed by atoms with Crippen molar-refractivity contribution in [1.29, 1.82) is 0 Å². The number of amides is 2. The fourth-order valence-corrected chi connectivity index (χ4v) is 3.69. The van der Waals surface area contributed by atoms with Crippen LogP contribution in [-0.2, 0) is 0 Å². The second-order valence-corrected chi connectivity index (χ2v) is 6.27. The van der Waals surface area contributed by atoms with E-state index < -0.39 is 16.7 Å². The highest BCUT2D eigenvalue weighted by molar-refractivity contribution is 9.11. The monoisotopic (exact) mass is 424 g/mol. The molecule has 0 N–H and O–H groups in total. The maximum atomic E-state index is 12.5. The van der Waals surface area contributed by atoms with Gasteiger partial charge in [0.2, 0.25) is 0 Å². The molecule has 22 heavy (non-hydrogen) atoms. The molecular formula is C14H6Br2N2O4. The van der Waals surface area contributed by atoms with Crippen molar-refractivity contribution >= 4 is 55.0 Å². The lowest BCUT2D eigenvalue weighted by atomic mass is 10.1. The summed E-state index contributed by atoms with van der Waals surface area (Å²) in [6, 6.07) is 9.12. The predicted molar refractivity (Wildman–Crippen MR) is 86.1 cm³/mol. The summed E-state index contributed by atoms with van der Waals surface area (Å²) < 4.78 is 0.745. The molecule has 110 valence electrons. The number of imide groups is 1. The number of nitro benzene ring substituents is 1. The predicted octanol–water partition coefficient (Wildman–Crippen LogP) is 3.92. The van der Waals surface area contributed by atoms with Crippen molar-refractivity contribution in [3.05, 3.63) is 66.6 Å². The molecule has 6 nitrogen and oxygen atoms in total. The summed E-state index contributed by atoms with van der Waals surface area (Å²) in [5, 5.41) is 11.3. The van der Waals surface area contributed by atoms with Crippen LogP contribution in [-0.4, -0.2) is 16.7 Å². The molecule has 0 atom stereocenters. The third-order valence-electron chi connectivity index (χ3n) is 3.22. The molecular weight excluding hydrogens is 420 g/mol. The first-order chi connectivity index (χ1) is 10.4. The van der Waals surface area contributed by atoms with Gasteiger partial charge >= 0.3 is 0 Å². The maximum Gasteiger partial charge on any atom is 0.295 e. The Morgan fingerprint density at radius 1 is 1.00 bits per heavy atom. The lowest BCUT2D eigenvalue weighted by Gasteiger charge is -2.16. The first-order valence-corrected chi connectivity index (χ1v) is 7.61. The second kappa shape index (κ2) is 5.29. The fourth-order valence-electron chi connectivity index (χ4n) is 2.31. The largest absolute Gasteiger partial charge is 0.295 e. The highest BCUT2D eigenvalue weighted by atomic mass is 79.9. The Morgan fingerprint density at radius 2 is 1.55 bits per heavy atom. The van der Waals surface area contributed by atoms with Crippen LogP contribution in [0, 0.1) is 10.1 Å². The molecule has 0 fully saturated rings. The standard InChI is InChI=1S/C14H6Br2N2O4/c15-7-5-10(16)12(11(6-7)18(21)22)17-13(19)8-3-1-2-4-9(8)14(17)20/h1-6H. The van der Waals surface area contributed by atoms with Crippen LogP contribution in [0.5, 0.6) is 0 Å². The van der Waals surface area contributed by atoms with Gasteiger partial charge in [0, 0.05) is 15.0 Å². The zero-order valence-corrected chi connectivity index (χ0v) is 13.9. The quantitative estimate of drug-likeness (QED) is 0.415. The molecule has 8 heteroatoms. The van der Waals surface area contributed by atoms with Crippen molar-refractivity contribution in [1.82, 2.24) is 0 Å². The molecule has 2 amide bonds. The van der Waals surface area contributed by atoms with Gasteiger partial charge in [0.05, 0.1) is 16.1 Å². The molecule has 0 saturated carbocycles. The van der Waals surface area contributed by atoms with Crippen molar-refractivity contribution in [3.8, 4) is 0 Å². The molecule has 1 aliphatic rings. The van der Waals surface area contributed by atoms with E-state index in [1.54, 1.807) is 18.2 Å². The highest BCUT2D eigenvalue weighted by Crippen LogP contribution is 2.41. The Morgan fingerprint density at radius 3 is 2.05 bits per heavy atom. The minimum atomic E-state index is -0.631. The normalized spacial score (nSPS) is 13.5. The Bertz CT molecular complexity index is 816. The number of rotatable bonds is 2. The summed E-state index contributed by atoms with van der Waals surface area (Å²) in [4.78, 5) is 36.4. The number of nitrogens with zero attached hydrogens (tertiary/aromatic N) is 2. The SMILES string of the molecule is O=C1c2ccccc2C(=O)N1c1c(Br)cc(Br)cc1[N+](=O)[O-]. The van der Waals surface area contributed by atoms with Gasteiger partial charge in [-0.3, -0.25) is 19.7 Å². The number of carbonyl (C=O) groups is 2. The van der Waals surface area contributed by atoms with Crippen LogP contribution < -0.4 is 4.90 Å². The highest BCUT2D eigenvalue weighted by Gasteiger charge is 2.40. The van der Waals surface area contributed by atoms with E-state index >= 15 is 0 Å². The molecule has 2 aromatic carbocycles. The number of halogens is 2. The van der Waals surface area contributed by atoms with Gasteiger partial charge in [0.1, 0.15) is 5.69 Å². The minimum absolute atomic E-state index is 0.0700. The number of nitro groups is 1. The van der Waals surface area contributed by atoms with Crippen LogP contribution in [0.4, 0.5) is 11.4 Å². The van der Waals surface area contributed by atoms with Gasteiger partial charge in [-0.05, 0) is 34.1 Å². The fraction of sp³-hybridized carbons (Fsp3) is 0. The number of hydrogen-bond acceptors (Lipinski definition) is 4. The number of hydrogen-bond donors (Lipinski definition) is 0. The van der Waals surface area contributed by atoms with E-state index in [1.165, 1.54) is 18.2 Å². The van der Waals surface area contributed by atoms with Gasteiger partial charge in [0.15, 0.2) is 0 Å². The molecule has 2 aromatic rings. The van der Waals surface area contributed by atoms with Crippen molar-refractivity contribution < 1.29 is 14.5 Å². The Balaban J connectivity index is 2.24. The number of anilines is 1. The molecule has 0 saturated heterocycles. The first kappa shape index (κ1) is 14.9. The van der Waals surface area contributed by atoms with Gasteiger partial charge in [0.25, 0.3) is 17.5 Å². The summed E-state index contributed by atoms with van der Waals surface area (Å²) in [7, 11) is 0. The number of benzene rings is 2. The van der Waals surface area contributed by atoms with Crippen molar-refractivity contribution in [2.24, 2.45) is 0 Å². The second-order valence-electron chi connectivity index (χ2n) is 4.50. The molecule has 0 aliphatic carbocycles. The molecule has 0 radical (unpaired) electrons. The summed E-state index contributed by atoms with van der Waals surface area (Å²) in [5.74, 6) is -1.15. The summed E-state index contributed by atoms with van der Waals surface area (Å²) >= 11 is 6.36. The van der Waals surface area contributed by atoms with Gasteiger partial charge < -0.3 is 0 Å². The molecule has 0 unspecified atom stereocenters. The van der Waals surface area contributed by atoms with Crippen molar-refractivity contribution in [3.63, 3.8) is 0 Å². The van der Waals surface area contributed by atoms with E-state index in [0.717, 1.165) is 4.90 Å². The van der Waals surface area contributed by atoms with Gasteiger partial charge in [-0.25, -0.2) is 4.90 Å². The van der Waals surface area contributed by atoms with Crippen LogP contribution in [0.3, 0.4) is 0 Å². The number of carbonyl (C=O) groups excluding carboxylic acids is 2. The molecule has 0 spiro atoms. The van der Waals surface area contributed by atoms with Crippen LogP contribution in [0.2, 0.25) is 0 Å². The zero-order valence-electron chi connectivity index (χ0n) is 10.7. The Labute approximate surface area is 141 Å². The van der Waals surface area contributed by atoms with E-state index in [2.05, 4.69) is 31.9 Å². The first-order valence-electron chi connectivity index (χ1n) is 6.03. The van der Waals surface area contributed by atoms with Gasteiger partial charge in [-0.2, -0.15) is 0 Å². The minimum Gasteiger partial charge on any atom is -0.268 e. The topological polar surface area (TPSA) is 80.5 Å². The molecule has 1 aliphatic heterocycles. The van der Waals surface area contributed by atoms with Gasteiger partial charge in [-0.1, -0.05) is 28.1 Å². The summed E-state index contributed by atoms with van der Waals surface area (Å²) in [6.45, 7) is 0. The van der Waals surface area contributed by atoms with Crippen LogP contribution in [0.25, 0.3) is 0 Å². The summed E-state index contributed by atoms with van der Waals surface area (Å²) in [6.07, 6.45) is 0. The third-order valence-corrected chi connectivity index (χ3v) is 4.28. The van der Waals surface area contributed by atoms with E-state index in [-0.39, 0.29) is 27.0 Å². The van der Waals surface area contributed by atoms with Crippen molar-refractivity contribution in [2.75, 3.05) is 4.90 Å². The molecule has 0 bridgehead atoms. The molecule has 0 aromatic heterocycles.